The van der Waals surface area contributed by atoms with Crippen LogP contribution in [0.1, 0.15) is 5.82 Å². The van der Waals surface area contributed by atoms with Crippen LogP contribution >= 0.6 is 0 Å². The third-order valence-corrected chi connectivity index (χ3v) is 1.63. The average molecular weight is 209 g/mol. The summed E-state index contributed by atoms with van der Waals surface area (Å²) in [6, 6.07) is 0. The van der Waals surface area contributed by atoms with Gasteiger partial charge in [0.1, 0.15) is 0 Å². The molecule has 2 aromatic rings. The maximum atomic E-state index is 5.35. The quantitative estimate of drug-likeness (QED) is 0.701. The topological polar surface area (TPSA) is 110 Å². The fourth-order valence-corrected chi connectivity index (χ4v) is 1.07. The number of rotatable bonds is 3. The lowest BCUT2D eigenvalue weighted by molar-refractivity contribution is 0.365. The van der Waals surface area contributed by atoms with E-state index in [1.807, 2.05) is 19.0 Å². The number of nitrogens with one attached hydrogen (secondary N) is 1. The molecule has 0 saturated carbocycles. The molecular weight excluding hydrogens is 198 g/mol. The fraction of sp³-hybridized carbons (Fsp3) is 0.429. The maximum absolute atomic E-state index is 5.35. The highest BCUT2D eigenvalue weighted by atomic mass is 16.5. The summed E-state index contributed by atoms with van der Waals surface area (Å²) in [5.41, 5.74) is 5.35. The van der Waals surface area contributed by atoms with Crippen LogP contribution < -0.4 is 5.73 Å². The Hall–Kier alpha value is -1.96. The smallest absolute Gasteiger partial charge is 0.295 e. The van der Waals surface area contributed by atoms with Gasteiger partial charge in [0.2, 0.25) is 11.8 Å². The molecule has 2 heterocycles. The van der Waals surface area contributed by atoms with Gasteiger partial charge in [0, 0.05) is 0 Å². The predicted molar refractivity (Wildman–Crippen MR) is 51.5 cm³/mol. The SMILES string of the molecule is CN(C)Cc1noc(-c2nc(N)n[nH]2)n1. The summed E-state index contributed by atoms with van der Waals surface area (Å²) < 4.78 is 4.99. The molecule has 0 aliphatic rings. The van der Waals surface area contributed by atoms with Crippen molar-refractivity contribution < 1.29 is 4.52 Å². The highest BCUT2D eigenvalue weighted by molar-refractivity contribution is 5.41. The van der Waals surface area contributed by atoms with Gasteiger partial charge in [-0.15, -0.1) is 5.10 Å². The molecule has 0 atom stereocenters. The van der Waals surface area contributed by atoms with Crippen LogP contribution in [0.25, 0.3) is 11.7 Å². The van der Waals surface area contributed by atoms with Crippen molar-refractivity contribution in [2.45, 2.75) is 6.54 Å². The number of nitrogens with zero attached hydrogens (tertiary/aromatic N) is 5. The van der Waals surface area contributed by atoms with E-state index in [9.17, 15) is 0 Å². The molecule has 15 heavy (non-hydrogen) atoms. The molecule has 0 spiro atoms. The first-order chi connectivity index (χ1) is 7.15. The Morgan fingerprint density at radius 3 is 2.80 bits per heavy atom. The van der Waals surface area contributed by atoms with Gasteiger partial charge in [-0.2, -0.15) is 9.97 Å². The Labute approximate surface area is 85.5 Å². The van der Waals surface area contributed by atoms with Gasteiger partial charge in [-0.25, -0.2) is 0 Å². The van der Waals surface area contributed by atoms with Crippen LogP contribution in [-0.4, -0.2) is 44.3 Å². The average Bonchev–Trinajstić information content (AvgIpc) is 2.72. The van der Waals surface area contributed by atoms with E-state index in [0.29, 0.717) is 18.2 Å². The molecular formula is C7H11N7O. The minimum atomic E-state index is 0.150. The summed E-state index contributed by atoms with van der Waals surface area (Å²) in [7, 11) is 3.84. The van der Waals surface area contributed by atoms with E-state index < -0.39 is 0 Å². The van der Waals surface area contributed by atoms with Crippen LogP contribution in [0.3, 0.4) is 0 Å². The van der Waals surface area contributed by atoms with Crippen molar-refractivity contribution in [1.82, 2.24) is 30.2 Å². The largest absolute Gasteiger partial charge is 0.366 e. The molecule has 8 nitrogen and oxygen atoms in total. The summed E-state index contributed by atoms with van der Waals surface area (Å²) in [6.07, 6.45) is 0. The second kappa shape index (κ2) is 3.65. The summed E-state index contributed by atoms with van der Waals surface area (Å²) in [5, 5.41) is 10.0. The second-order valence-electron chi connectivity index (χ2n) is 3.30. The summed E-state index contributed by atoms with van der Waals surface area (Å²) in [6.45, 7) is 0.604. The van der Waals surface area contributed by atoms with Crippen LogP contribution in [0, 0.1) is 0 Å². The first kappa shape index (κ1) is 9.59. The Bertz CT molecular complexity index is 446. The van der Waals surface area contributed by atoms with Crippen LogP contribution in [0.15, 0.2) is 4.52 Å². The van der Waals surface area contributed by atoms with Crippen molar-refractivity contribution >= 4 is 5.95 Å². The van der Waals surface area contributed by atoms with Gasteiger partial charge in [-0.1, -0.05) is 5.16 Å². The first-order valence-electron chi connectivity index (χ1n) is 4.30. The van der Waals surface area contributed by atoms with E-state index >= 15 is 0 Å². The normalized spacial score (nSPS) is 11.1. The lowest BCUT2D eigenvalue weighted by Gasteiger charge is -2.02. The van der Waals surface area contributed by atoms with E-state index in [1.165, 1.54) is 0 Å². The molecule has 2 aromatic heterocycles. The van der Waals surface area contributed by atoms with E-state index in [0.717, 1.165) is 0 Å². The molecule has 8 heteroatoms. The monoisotopic (exact) mass is 209 g/mol. The van der Waals surface area contributed by atoms with Gasteiger partial charge in [0.05, 0.1) is 6.54 Å². The van der Waals surface area contributed by atoms with Gasteiger partial charge in [0.25, 0.3) is 5.89 Å². The summed E-state index contributed by atoms with van der Waals surface area (Å²) in [5.74, 6) is 1.41. The van der Waals surface area contributed by atoms with Crippen molar-refractivity contribution in [3.05, 3.63) is 5.82 Å². The molecule has 0 fully saturated rings. The number of anilines is 1. The third-order valence-electron chi connectivity index (χ3n) is 1.63. The summed E-state index contributed by atoms with van der Waals surface area (Å²) in [4.78, 5) is 9.93. The standard InChI is InChI=1S/C7H11N7O/c1-14(2)3-4-9-6(15-13-4)5-10-7(8)12-11-5/h3H2,1-2H3,(H3,8,10,11,12). The number of H-pyrrole nitrogens is 1. The van der Waals surface area contributed by atoms with E-state index in [-0.39, 0.29) is 11.8 Å². The molecule has 0 bridgehead atoms. The van der Waals surface area contributed by atoms with Crippen molar-refractivity contribution in [2.24, 2.45) is 0 Å². The molecule has 0 aromatic carbocycles. The number of hydrogen-bond acceptors (Lipinski definition) is 7. The number of aromatic nitrogens is 5. The molecule has 0 aliphatic carbocycles. The Kier molecular flexibility index (Phi) is 2.34. The van der Waals surface area contributed by atoms with Crippen LogP contribution in [-0.2, 0) is 6.54 Å². The Morgan fingerprint density at radius 1 is 1.40 bits per heavy atom. The van der Waals surface area contributed by atoms with Crippen molar-refractivity contribution in [3.8, 4) is 11.7 Å². The lowest BCUT2D eigenvalue weighted by Crippen LogP contribution is -2.11. The Morgan fingerprint density at radius 2 is 2.20 bits per heavy atom. The van der Waals surface area contributed by atoms with E-state index in [1.54, 1.807) is 0 Å². The maximum Gasteiger partial charge on any atom is 0.295 e. The minimum absolute atomic E-state index is 0.150. The van der Waals surface area contributed by atoms with E-state index in [2.05, 4.69) is 25.3 Å². The minimum Gasteiger partial charge on any atom is -0.366 e. The zero-order valence-electron chi connectivity index (χ0n) is 8.43. The number of nitrogen functional groups attached to an aromatic ring is 1. The zero-order valence-corrected chi connectivity index (χ0v) is 8.43. The molecule has 0 amide bonds. The molecule has 0 aliphatic heterocycles. The lowest BCUT2D eigenvalue weighted by atomic mass is 10.5. The number of nitrogens with two attached hydrogens (primary N) is 1. The molecule has 0 radical (unpaired) electrons. The van der Waals surface area contributed by atoms with Gasteiger partial charge < -0.3 is 15.2 Å². The molecule has 2 rings (SSSR count). The van der Waals surface area contributed by atoms with Crippen LogP contribution in [0.2, 0.25) is 0 Å². The molecule has 80 valence electrons. The van der Waals surface area contributed by atoms with Gasteiger partial charge in [-0.05, 0) is 14.1 Å². The predicted octanol–water partition coefficient (Wildman–Crippen LogP) is -0.502. The van der Waals surface area contributed by atoms with Crippen LogP contribution in [0.5, 0.6) is 0 Å². The Balaban J connectivity index is 2.20. The highest BCUT2D eigenvalue weighted by Crippen LogP contribution is 2.12. The second-order valence-corrected chi connectivity index (χ2v) is 3.30. The highest BCUT2D eigenvalue weighted by Gasteiger charge is 2.12. The molecule has 0 saturated heterocycles. The molecule has 3 N–H and O–H groups in total. The van der Waals surface area contributed by atoms with Gasteiger partial charge in [-0.3, -0.25) is 5.10 Å². The van der Waals surface area contributed by atoms with Crippen LogP contribution in [0.4, 0.5) is 5.95 Å². The zero-order chi connectivity index (χ0) is 10.8. The fourth-order valence-electron chi connectivity index (χ4n) is 1.07. The van der Waals surface area contributed by atoms with Crippen molar-refractivity contribution in [1.29, 1.82) is 0 Å². The number of hydrogen-bond donors (Lipinski definition) is 2. The first-order valence-corrected chi connectivity index (χ1v) is 4.30. The van der Waals surface area contributed by atoms with Crippen molar-refractivity contribution in [3.63, 3.8) is 0 Å². The van der Waals surface area contributed by atoms with Crippen molar-refractivity contribution in [2.75, 3.05) is 19.8 Å². The van der Waals surface area contributed by atoms with Gasteiger partial charge in [0.15, 0.2) is 5.82 Å². The third kappa shape index (κ3) is 2.10. The molecule has 0 unspecified atom stereocenters. The summed E-state index contributed by atoms with van der Waals surface area (Å²) >= 11 is 0. The van der Waals surface area contributed by atoms with E-state index in [4.69, 9.17) is 10.3 Å². The number of aromatic amines is 1. The van der Waals surface area contributed by atoms with Gasteiger partial charge >= 0.3 is 0 Å².